The standard InChI is InChI=1S/C22H22N4O.C2HF3O2/c27-22(16-9-8-14-10-11-23-20(14)13-16)24-17-5-3-4-15(12-17)21-25-18-6-1-2-7-19(18)26-21;3-2(4,5)1(6)7/h1-2,6-11,13,15,17,23H,3-5,12H2,(H,24,27)(H,25,26);(H,6,7). The van der Waals surface area contributed by atoms with Gasteiger partial charge in [-0.25, -0.2) is 9.78 Å². The number of aromatic nitrogens is 3. The highest BCUT2D eigenvalue weighted by Gasteiger charge is 2.38. The van der Waals surface area contributed by atoms with Crippen molar-refractivity contribution in [2.24, 2.45) is 0 Å². The van der Waals surface area contributed by atoms with Crippen LogP contribution in [0, 0.1) is 0 Å². The largest absolute Gasteiger partial charge is 0.490 e. The first kappa shape index (κ1) is 23.3. The van der Waals surface area contributed by atoms with Crippen molar-refractivity contribution in [3.8, 4) is 0 Å². The van der Waals surface area contributed by atoms with E-state index in [4.69, 9.17) is 14.9 Å². The molecular weight excluding hydrogens is 449 g/mol. The van der Waals surface area contributed by atoms with Crippen LogP contribution in [0.4, 0.5) is 13.2 Å². The summed E-state index contributed by atoms with van der Waals surface area (Å²) in [6.45, 7) is 0. The van der Waals surface area contributed by atoms with Gasteiger partial charge in [0.15, 0.2) is 0 Å². The Labute approximate surface area is 192 Å². The molecule has 4 aromatic rings. The summed E-state index contributed by atoms with van der Waals surface area (Å²) < 4.78 is 31.7. The number of benzene rings is 2. The molecule has 7 nitrogen and oxygen atoms in total. The lowest BCUT2D eigenvalue weighted by atomic mass is 9.85. The maximum absolute atomic E-state index is 12.7. The molecule has 2 aromatic heterocycles. The monoisotopic (exact) mass is 472 g/mol. The van der Waals surface area contributed by atoms with Gasteiger partial charge in [0.25, 0.3) is 5.91 Å². The number of carboxylic acids is 1. The number of rotatable bonds is 3. The predicted octanol–water partition coefficient (Wildman–Crippen LogP) is 5.13. The lowest BCUT2D eigenvalue weighted by molar-refractivity contribution is -0.192. The highest BCUT2D eigenvalue weighted by Crippen LogP contribution is 2.32. The Balaban J connectivity index is 0.000000344. The van der Waals surface area contributed by atoms with E-state index in [0.29, 0.717) is 11.5 Å². The zero-order valence-corrected chi connectivity index (χ0v) is 18.0. The number of nitrogens with one attached hydrogen (secondary N) is 3. The summed E-state index contributed by atoms with van der Waals surface area (Å²) in [5, 5.41) is 11.5. The second kappa shape index (κ2) is 9.58. The number of H-pyrrole nitrogens is 2. The Morgan fingerprint density at radius 1 is 1.06 bits per heavy atom. The van der Waals surface area contributed by atoms with Crippen LogP contribution in [-0.2, 0) is 4.79 Å². The number of carbonyl (C=O) groups is 2. The van der Waals surface area contributed by atoms with Gasteiger partial charge in [-0.05, 0) is 55.0 Å². The number of carbonyl (C=O) groups excluding carboxylic acids is 1. The van der Waals surface area contributed by atoms with E-state index in [-0.39, 0.29) is 11.9 Å². The van der Waals surface area contributed by atoms with E-state index in [2.05, 4.69) is 21.4 Å². The summed E-state index contributed by atoms with van der Waals surface area (Å²) >= 11 is 0. The molecule has 1 aliphatic carbocycles. The third-order valence-corrected chi connectivity index (χ3v) is 5.86. The van der Waals surface area contributed by atoms with Crippen molar-refractivity contribution in [1.29, 1.82) is 0 Å². The summed E-state index contributed by atoms with van der Waals surface area (Å²) in [5.74, 6) is -1.35. The molecular formula is C24H23F3N4O3. The van der Waals surface area contributed by atoms with Gasteiger partial charge in [0.1, 0.15) is 5.82 Å². The van der Waals surface area contributed by atoms with Crippen LogP contribution < -0.4 is 5.32 Å². The molecule has 0 radical (unpaired) electrons. The first-order valence-electron chi connectivity index (χ1n) is 10.8. The second-order valence-corrected chi connectivity index (χ2v) is 8.26. The normalized spacial score (nSPS) is 18.3. The second-order valence-electron chi connectivity index (χ2n) is 8.26. The van der Waals surface area contributed by atoms with Crippen molar-refractivity contribution in [2.75, 3.05) is 0 Å². The fourth-order valence-corrected chi connectivity index (χ4v) is 4.19. The number of imidazole rings is 1. The van der Waals surface area contributed by atoms with Crippen molar-refractivity contribution >= 4 is 33.8 Å². The molecule has 2 atom stereocenters. The minimum absolute atomic E-state index is 0.00163. The summed E-state index contributed by atoms with van der Waals surface area (Å²) in [4.78, 5) is 33.0. The smallest absolute Gasteiger partial charge is 0.475 e. The number of alkyl halides is 3. The Morgan fingerprint density at radius 2 is 1.82 bits per heavy atom. The molecule has 0 bridgehead atoms. The first-order chi connectivity index (χ1) is 16.2. The number of fused-ring (bicyclic) bond motifs is 2. The van der Waals surface area contributed by atoms with Crippen molar-refractivity contribution < 1.29 is 27.9 Å². The van der Waals surface area contributed by atoms with Crippen molar-refractivity contribution in [1.82, 2.24) is 20.3 Å². The van der Waals surface area contributed by atoms with Gasteiger partial charge in [0, 0.05) is 29.2 Å². The maximum Gasteiger partial charge on any atom is 0.490 e. The van der Waals surface area contributed by atoms with Crippen LogP contribution in [-0.4, -0.2) is 44.2 Å². The average molecular weight is 472 g/mol. The van der Waals surface area contributed by atoms with E-state index >= 15 is 0 Å². The molecule has 5 rings (SSSR count). The molecule has 1 aliphatic rings. The van der Waals surface area contributed by atoms with Gasteiger partial charge < -0.3 is 20.4 Å². The third-order valence-electron chi connectivity index (χ3n) is 5.86. The number of hydrogen-bond donors (Lipinski definition) is 4. The van der Waals surface area contributed by atoms with Crippen LogP contribution in [0.15, 0.2) is 54.7 Å². The molecule has 2 heterocycles. The molecule has 0 aliphatic heterocycles. The Kier molecular flexibility index (Phi) is 6.58. The van der Waals surface area contributed by atoms with Crippen LogP contribution in [0.5, 0.6) is 0 Å². The van der Waals surface area contributed by atoms with Crippen LogP contribution >= 0.6 is 0 Å². The summed E-state index contributed by atoms with van der Waals surface area (Å²) in [6, 6.07) is 16.1. The fraction of sp³-hybridized carbons (Fsp3) is 0.292. The van der Waals surface area contributed by atoms with E-state index in [1.54, 1.807) is 0 Å². The molecule has 0 spiro atoms. The van der Waals surface area contributed by atoms with Crippen LogP contribution in [0.25, 0.3) is 21.9 Å². The summed E-state index contributed by atoms with van der Waals surface area (Å²) in [5.41, 5.74) is 3.79. The van der Waals surface area contributed by atoms with Gasteiger partial charge in [-0.3, -0.25) is 4.79 Å². The van der Waals surface area contributed by atoms with E-state index in [1.807, 2.05) is 48.7 Å². The first-order valence-corrected chi connectivity index (χ1v) is 10.8. The van der Waals surface area contributed by atoms with Crippen LogP contribution in [0.2, 0.25) is 0 Å². The molecule has 2 unspecified atom stereocenters. The van der Waals surface area contributed by atoms with Gasteiger partial charge in [-0.2, -0.15) is 13.2 Å². The van der Waals surface area contributed by atoms with Crippen molar-refractivity contribution in [3.63, 3.8) is 0 Å². The number of hydrogen-bond acceptors (Lipinski definition) is 3. The Morgan fingerprint density at radius 3 is 2.56 bits per heavy atom. The zero-order valence-electron chi connectivity index (χ0n) is 18.0. The van der Waals surface area contributed by atoms with Crippen molar-refractivity contribution in [2.45, 2.75) is 43.8 Å². The van der Waals surface area contributed by atoms with Gasteiger partial charge in [0.2, 0.25) is 0 Å². The van der Waals surface area contributed by atoms with Crippen LogP contribution in [0.3, 0.4) is 0 Å². The minimum atomic E-state index is -5.08. The summed E-state index contributed by atoms with van der Waals surface area (Å²) in [6.07, 6.45) is 0.970. The zero-order chi connectivity index (χ0) is 24.3. The Hall–Kier alpha value is -3.82. The van der Waals surface area contributed by atoms with E-state index in [9.17, 15) is 18.0 Å². The number of amides is 1. The quantitative estimate of drug-likeness (QED) is 0.331. The number of aromatic amines is 2. The molecule has 1 amide bonds. The predicted molar refractivity (Wildman–Crippen MR) is 121 cm³/mol. The van der Waals surface area contributed by atoms with Crippen LogP contribution in [0.1, 0.15) is 47.8 Å². The fourth-order valence-electron chi connectivity index (χ4n) is 4.19. The summed E-state index contributed by atoms with van der Waals surface area (Å²) in [7, 11) is 0. The van der Waals surface area contributed by atoms with E-state index < -0.39 is 12.1 Å². The number of nitrogens with zero attached hydrogens (tertiary/aromatic N) is 1. The number of para-hydroxylation sites is 2. The number of halogens is 3. The molecule has 10 heteroatoms. The topological polar surface area (TPSA) is 111 Å². The SMILES string of the molecule is O=C(NC1CCCC(c2nc3ccccc3[nH]2)C1)c1ccc2cc[nH]c2c1.O=C(O)C(F)(F)F. The van der Waals surface area contributed by atoms with E-state index in [1.165, 1.54) is 0 Å². The van der Waals surface area contributed by atoms with Gasteiger partial charge in [-0.15, -0.1) is 0 Å². The average Bonchev–Trinajstić information content (AvgIpc) is 3.45. The molecule has 34 heavy (non-hydrogen) atoms. The maximum atomic E-state index is 12.7. The number of aliphatic carboxylic acids is 1. The lowest BCUT2D eigenvalue weighted by Gasteiger charge is -2.28. The van der Waals surface area contributed by atoms with Gasteiger partial charge >= 0.3 is 12.1 Å². The molecule has 2 aromatic carbocycles. The third kappa shape index (κ3) is 5.38. The molecule has 4 N–H and O–H groups in total. The molecule has 1 fully saturated rings. The number of carboxylic acid groups (broad SMARTS) is 1. The minimum Gasteiger partial charge on any atom is -0.475 e. The van der Waals surface area contributed by atoms with Gasteiger partial charge in [-0.1, -0.05) is 24.6 Å². The lowest BCUT2D eigenvalue weighted by Crippen LogP contribution is -2.38. The molecule has 178 valence electrons. The van der Waals surface area contributed by atoms with E-state index in [0.717, 1.165) is 53.4 Å². The van der Waals surface area contributed by atoms with Crippen molar-refractivity contribution in [3.05, 3.63) is 66.1 Å². The highest BCUT2D eigenvalue weighted by molar-refractivity contribution is 5.98. The molecule has 1 saturated carbocycles. The highest BCUT2D eigenvalue weighted by atomic mass is 19.4. The Bertz CT molecular complexity index is 1280. The molecule has 0 saturated heterocycles. The van der Waals surface area contributed by atoms with Gasteiger partial charge in [0.05, 0.1) is 11.0 Å².